The number of Topliss-reactive ketones (excluding diaryl/α,β-unsaturated/α-hetero) is 1. The fraction of sp³-hybridized carbons (Fsp3) is 0.645. The van der Waals surface area contributed by atoms with Crippen molar-refractivity contribution in [3.8, 4) is 11.8 Å². The van der Waals surface area contributed by atoms with Crippen LogP contribution in [0, 0.1) is 24.2 Å². The Morgan fingerprint density at radius 1 is 1.27 bits per heavy atom. The van der Waals surface area contributed by atoms with Crippen molar-refractivity contribution in [2.75, 3.05) is 39.8 Å². The average molecular weight is 563 g/mol. The highest BCUT2D eigenvalue weighted by Gasteiger charge is 2.58. The van der Waals surface area contributed by atoms with Crippen molar-refractivity contribution in [3.05, 3.63) is 42.0 Å². The summed E-state index contributed by atoms with van der Waals surface area (Å²) >= 11 is 0. The van der Waals surface area contributed by atoms with E-state index in [1.165, 1.54) is 6.08 Å². The molecule has 1 spiro atoms. The number of fused-ring (bicyclic) bond motifs is 2. The van der Waals surface area contributed by atoms with Gasteiger partial charge in [0.2, 0.25) is 5.91 Å². The number of amides is 1. The first-order valence-electron chi connectivity index (χ1n) is 15.0. The maximum Gasteiger partial charge on any atom is 0.246 e. The normalized spacial score (nSPS) is 35.5. The van der Waals surface area contributed by atoms with Gasteiger partial charge in [-0.1, -0.05) is 18.7 Å². The molecule has 5 aliphatic rings. The Bertz CT molecular complexity index is 1230. The standard InChI is InChI=1S/C31H42N6O4/c1-4-26(38)37-16-15-36(18-21(37)11-13-32)29-23-10-12-31(17-24-20(2)7-5-9-25(24)41-31)28(39)27(23)33-30(34-29)40-19-22-8-6-14-35(22)3/h4-5,7,9,21-23,27,29-30,33-34H,1,6,8,10-12,14-19H2,2-3H3/t21?,22?,23?,27?,29?,30?,31-/m1/s1. The molecule has 10 heteroatoms. The number of ketones is 1. The largest absolute Gasteiger partial charge is 0.479 e. The highest BCUT2D eigenvalue weighted by molar-refractivity contribution is 5.95. The van der Waals surface area contributed by atoms with Crippen LogP contribution in [-0.2, 0) is 20.7 Å². The number of piperazine rings is 1. The second kappa shape index (κ2) is 11.5. The van der Waals surface area contributed by atoms with Crippen molar-refractivity contribution in [1.29, 1.82) is 5.26 Å². The van der Waals surface area contributed by atoms with E-state index < -0.39 is 18.0 Å². The number of benzene rings is 1. The monoisotopic (exact) mass is 562 g/mol. The van der Waals surface area contributed by atoms with Crippen molar-refractivity contribution in [3.63, 3.8) is 0 Å². The molecule has 0 radical (unpaired) electrons. The number of rotatable bonds is 6. The van der Waals surface area contributed by atoms with Gasteiger partial charge in [0.1, 0.15) is 5.75 Å². The summed E-state index contributed by atoms with van der Waals surface area (Å²) in [4.78, 5) is 33.3. The van der Waals surface area contributed by atoms with Gasteiger partial charge in [-0.3, -0.25) is 25.1 Å². The van der Waals surface area contributed by atoms with Crippen LogP contribution in [0.1, 0.15) is 43.2 Å². The van der Waals surface area contributed by atoms with E-state index in [0.29, 0.717) is 45.1 Å². The molecule has 220 valence electrons. The number of nitrogens with zero attached hydrogens (tertiary/aromatic N) is 4. The van der Waals surface area contributed by atoms with Gasteiger partial charge in [0.25, 0.3) is 0 Å². The van der Waals surface area contributed by atoms with Crippen molar-refractivity contribution < 1.29 is 19.1 Å². The summed E-state index contributed by atoms with van der Waals surface area (Å²) in [6.45, 7) is 9.06. The molecular weight excluding hydrogens is 520 g/mol. The van der Waals surface area contributed by atoms with Crippen LogP contribution < -0.4 is 15.4 Å². The fourth-order valence-corrected chi connectivity index (χ4v) is 7.69. The minimum Gasteiger partial charge on any atom is -0.479 e. The number of aryl methyl sites for hydroxylation is 1. The average Bonchev–Trinajstić information content (AvgIpc) is 3.57. The van der Waals surface area contributed by atoms with Gasteiger partial charge < -0.3 is 19.3 Å². The quantitative estimate of drug-likeness (QED) is 0.499. The minimum atomic E-state index is -0.862. The third-order valence-electron chi connectivity index (χ3n) is 10.1. The van der Waals surface area contributed by atoms with Gasteiger partial charge >= 0.3 is 0 Å². The van der Waals surface area contributed by atoms with E-state index in [4.69, 9.17) is 9.47 Å². The Kier molecular flexibility index (Phi) is 7.92. The van der Waals surface area contributed by atoms with Gasteiger partial charge in [0.15, 0.2) is 17.7 Å². The summed E-state index contributed by atoms with van der Waals surface area (Å²) in [7, 11) is 2.13. The topological polar surface area (TPSA) is 110 Å². The highest BCUT2D eigenvalue weighted by atomic mass is 16.5. The molecule has 0 aromatic heterocycles. The van der Waals surface area contributed by atoms with E-state index in [-0.39, 0.29) is 36.2 Å². The van der Waals surface area contributed by atoms with E-state index in [9.17, 15) is 14.9 Å². The lowest BCUT2D eigenvalue weighted by Gasteiger charge is -2.53. The SMILES string of the molecule is C=CC(=O)N1CCN(C2NC(OCC3CCCN3C)NC3C(=O)[C@@]4(CCC32)Cc2c(C)cccc2O4)CC1CC#N. The van der Waals surface area contributed by atoms with Gasteiger partial charge in [0, 0.05) is 43.6 Å². The first-order valence-corrected chi connectivity index (χ1v) is 15.0. The molecule has 4 heterocycles. The van der Waals surface area contributed by atoms with Crippen LogP contribution in [0.15, 0.2) is 30.9 Å². The smallest absolute Gasteiger partial charge is 0.246 e. The molecule has 3 saturated heterocycles. The Balaban J connectivity index is 1.24. The zero-order valence-electron chi connectivity index (χ0n) is 24.2. The van der Waals surface area contributed by atoms with Gasteiger partial charge in [-0.25, -0.2) is 0 Å². The molecule has 41 heavy (non-hydrogen) atoms. The van der Waals surface area contributed by atoms with Gasteiger partial charge in [0.05, 0.1) is 37.3 Å². The van der Waals surface area contributed by atoms with Crippen molar-refractivity contribution in [2.24, 2.45) is 5.92 Å². The minimum absolute atomic E-state index is 0.0000649. The molecule has 7 atom stereocenters. The second-order valence-electron chi connectivity index (χ2n) is 12.4. The summed E-state index contributed by atoms with van der Waals surface area (Å²) in [5, 5.41) is 16.7. The number of hydrogen-bond donors (Lipinski definition) is 2. The fourth-order valence-electron chi connectivity index (χ4n) is 7.69. The van der Waals surface area contributed by atoms with Crippen molar-refractivity contribution in [1.82, 2.24) is 25.3 Å². The summed E-state index contributed by atoms with van der Waals surface area (Å²) in [5.74, 6) is 0.768. The molecule has 1 aliphatic carbocycles. The molecule has 6 rings (SSSR count). The number of hydrogen-bond acceptors (Lipinski definition) is 9. The number of likely N-dealkylation sites (N-methyl/N-ethyl adjacent to an activating group) is 1. The van der Waals surface area contributed by atoms with Crippen LogP contribution in [0.2, 0.25) is 0 Å². The summed E-state index contributed by atoms with van der Waals surface area (Å²) in [5.41, 5.74) is 1.42. The van der Waals surface area contributed by atoms with Crippen LogP contribution in [-0.4, -0.2) is 102 Å². The zero-order chi connectivity index (χ0) is 28.7. The predicted molar refractivity (Wildman–Crippen MR) is 153 cm³/mol. The van der Waals surface area contributed by atoms with Gasteiger partial charge in [-0.2, -0.15) is 5.26 Å². The first-order chi connectivity index (χ1) is 19.8. The number of nitriles is 1. The van der Waals surface area contributed by atoms with Crippen LogP contribution in [0.5, 0.6) is 5.75 Å². The first kappa shape index (κ1) is 28.3. The van der Waals surface area contributed by atoms with Crippen molar-refractivity contribution in [2.45, 2.75) is 81.7 Å². The van der Waals surface area contributed by atoms with Gasteiger partial charge in [-0.15, -0.1) is 0 Å². The van der Waals surface area contributed by atoms with E-state index in [0.717, 1.165) is 42.7 Å². The number of ether oxygens (including phenoxy) is 2. The van der Waals surface area contributed by atoms with Crippen LogP contribution >= 0.6 is 0 Å². The molecule has 10 nitrogen and oxygen atoms in total. The number of carbonyl (C=O) groups excluding carboxylic acids is 2. The Morgan fingerprint density at radius 2 is 2.12 bits per heavy atom. The number of carbonyl (C=O) groups is 2. The maximum atomic E-state index is 14.4. The van der Waals surface area contributed by atoms with E-state index in [1.807, 2.05) is 12.1 Å². The zero-order valence-corrected chi connectivity index (χ0v) is 24.2. The lowest BCUT2D eigenvalue weighted by atomic mass is 9.70. The van der Waals surface area contributed by atoms with Crippen LogP contribution in [0.25, 0.3) is 0 Å². The van der Waals surface area contributed by atoms with Gasteiger partial charge in [-0.05, 0) is 63.9 Å². The predicted octanol–water partition coefficient (Wildman–Crippen LogP) is 1.54. The Morgan fingerprint density at radius 3 is 2.85 bits per heavy atom. The maximum absolute atomic E-state index is 14.4. The molecule has 1 amide bonds. The summed E-state index contributed by atoms with van der Waals surface area (Å²) in [6.07, 6.45) is 5.25. The Hall–Kier alpha value is -2.81. The molecule has 6 unspecified atom stereocenters. The molecule has 4 fully saturated rings. The third kappa shape index (κ3) is 5.19. The van der Waals surface area contributed by atoms with E-state index in [2.05, 4.69) is 53.1 Å². The number of likely N-dealkylation sites (tertiary alicyclic amines) is 1. The molecule has 1 aromatic rings. The number of nitrogens with one attached hydrogen (secondary N) is 2. The molecule has 1 aromatic carbocycles. The van der Waals surface area contributed by atoms with E-state index in [1.54, 1.807) is 4.90 Å². The highest BCUT2D eigenvalue weighted by Crippen LogP contribution is 2.45. The lowest BCUT2D eigenvalue weighted by Crippen LogP contribution is -2.75. The van der Waals surface area contributed by atoms with Crippen molar-refractivity contribution >= 4 is 11.7 Å². The molecule has 0 bridgehead atoms. The molecule has 4 aliphatic heterocycles. The van der Waals surface area contributed by atoms with Crippen LogP contribution in [0.4, 0.5) is 0 Å². The second-order valence-corrected chi connectivity index (χ2v) is 12.4. The van der Waals surface area contributed by atoms with E-state index >= 15 is 0 Å². The molecular formula is C31H42N6O4. The summed E-state index contributed by atoms with van der Waals surface area (Å²) < 4.78 is 12.9. The van der Waals surface area contributed by atoms with Crippen LogP contribution in [0.3, 0.4) is 0 Å². The molecule has 1 saturated carbocycles. The molecule has 2 N–H and O–H groups in total. The Labute approximate surface area is 242 Å². The lowest BCUT2D eigenvalue weighted by molar-refractivity contribution is -0.157. The third-order valence-corrected chi connectivity index (χ3v) is 10.1. The summed E-state index contributed by atoms with van der Waals surface area (Å²) in [6, 6.07) is 7.98.